The Morgan fingerprint density at radius 2 is 1.04 bits per heavy atom. The van der Waals surface area contributed by atoms with E-state index >= 15 is 0 Å². The van der Waals surface area contributed by atoms with E-state index in [9.17, 15) is 0 Å². The van der Waals surface area contributed by atoms with E-state index in [2.05, 4.69) is 65.8 Å². The molecule has 0 aromatic carbocycles. The molecule has 0 aliphatic heterocycles. The van der Waals surface area contributed by atoms with Gasteiger partial charge in [-0.05, 0) is 71.8 Å². The van der Waals surface area contributed by atoms with E-state index in [1.807, 2.05) is 0 Å². The van der Waals surface area contributed by atoms with Crippen LogP contribution < -0.4 is 0 Å². The summed E-state index contributed by atoms with van der Waals surface area (Å²) in [5.41, 5.74) is 0. The Morgan fingerprint density at radius 1 is 0.652 bits per heavy atom. The average molecular weight is 396 g/mol. The van der Waals surface area contributed by atoms with Gasteiger partial charge in [0.05, 0.1) is 0 Å². The third-order valence-corrected chi connectivity index (χ3v) is 14.5. The molecule has 4 nitrogen and oxygen atoms in total. The molecule has 0 aliphatic carbocycles. The molecule has 0 saturated heterocycles. The fourth-order valence-electron chi connectivity index (χ4n) is 2.21. The zero-order chi connectivity index (χ0) is 18.4. The molecule has 8 heteroatoms. The monoisotopic (exact) mass is 395 g/mol. The Hall–Kier alpha value is 0.708. The molecule has 0 aliphatic rings. The van der Waals surface area contributed by atoms with E-state index < -0.39 is 33.8 Å². The third kappa shape index (κ3) is 13.7. The lowest BCUT2D eigenvalue weighted by Crippen LogP contribution is -2.60. The van der Waals surface area contributed by atoms with E-state index in [1.165, 1.54) is 0 Å². The maximum atomic E-state index is 6.62. The van der Waals surface area contributed by atoms with E-state index in [0.717, 1.165) is 25.5 Å². The molecule has 0 rings (SSSR count). The minimum Gasteiger partial charge on any atom is -0.417 e. The van der Waals surface area contributed by atoms with Crippen molar-refractivity contribution < 1.29 is 17.1 Å². The van der Waals surface area contributed by atoms with Gasteiger partial charge < -0.3 is 17.1 Å². The lowest BCUT2D eigenvalue weighted by molar-refractivity contribution is 0.134. The van der Waals surface area contributed by atoms with E-state index in [-0.39, 0.29) is 0 Å². The van der Waals surface area contributed by atoms with Gasteiger partial charge >= 0.3 is 8.80 Å². The SMILES string of the molecule is [CH2]CCOCCC[Si](O[Si](C)(C)C)(O[Si](C)(C)C)O[Si](C)(C)C. The molecule has 0 atom stereocenters. The van der Waals surface area contributed by atoms with Crippen molar-refractivity contribution in [1.29, 1.82) is 0 Å². The first kappa shape index (κ1) is 23.7. The summed E-state index contributed by atoms with van der Waals surface area (Å²) >= 11 is 0. The Kier molecular flexibility index (Phi) is 9.71. The van der Waals surface area contributed by atoms with Gasteiger partial charge in [-0.1, -0.05) is 6.92 Å². The minimum atomic E-state index is -2.67. The van der Waals surface area contributed by atoms with Crippen LogP contribution in [-0.4, -0.2) is 47.0 Å². The van der Waals surface area contributed by atoms with Crippen LogP contribution >= 0.6 is 0 Å². The second kappa shape index (κ2) is 9.42. The number of hydrogen-bond donors (Lipinski definition) is 0. The van der Waals surface area contributed by atoms with Crippen LogP contribution in [0.5, 0.6) is 0 Å². The van der Waals surface area contributed by atoms with Crippen molar-refractivity contribution in [2.24, 2.45) is 0 Å². The van der Waals surface area contributed by atoms with Gasteiger partial charge in [-0.25, -0.2) is 0 Å². The van der Waals surface area contributed by atoms with E-state index in [4.69, 9.17) is 17.1 Å². The van der Waals surface area contributed by atoms with Crippen LogP contribution in [0.3, 0.4) is 0 Å². The molecule has 0 spiro atoms. The van der Waals surface area contributed by atoms with Crippen LogP contribution in [0.1, 0.15) is 12.8 Å². The molecule has 0 N–H and O–H groups in total. The van der Waals surface area contributed by atoms with Crippen molar-refractivity contribution in [2.45, 2.75) is 77.8 Å². The summed E-state index contributed by atoms with van der Waals surface area (Å²) in [6, 6.07) is 0.850. The lowest BCUT2D eigenvalue weighted by atomic mass is 10.5. The molecule has 0 fully saturated rings. The predicted octanol–water partition coefficient (Wildman–Crippen LogP) is 5.11. The molecule has 0 unspecified atom stereocenters. The summed E-state index contributed by atoms with van der Waals surface area (Å²) in [5, 5.41) is 0. The van der Waals surface area contributed by atoms with Gasteiger partial charge in [-0.2, -0.15) is 0 Å². The smallest absolute Gasteiger partial charge is 0.417 e. The largest absolute Gasteiger partial charge is 0.469 e. The fraction of sp³-hybridized carbons (Fsp3) is 0.933. The third-order valence-electron chi connectivity index (χ3n) is 2.45. The van der Waals surface area contributed by atoms with E-state index in [0.29, 0.717) is 6.61 Å². The fourth-order valence-corrected chi connectivity index (χ4v) is 16.8. The van der Waals surface area contributed by atoms with Crippen molar-refractivity contribution in [1.82, 2.24) is 0 Å². The summed E-state index contributed by atoms with van der Waals surface area (Å²) in [4.78, 5) is 0. The van der Waals surface area contributed by atoms with E-state index in [1.54, 1.807) is 0 Å². The van der Waals surface area contributed by atoms with Gasteiger partial charge in [0.2, 0.25) is 0 Å². The number of ether oxygens (including phenoxy) is 1. The first-order valence-corrected chi connectivity index (χ1v) is 20.8. The molecule has 0 amide bonds. The normalized spacial score (nSPS) is 14.3. The highest BCUT2D eigenvalue weighted by atomic mass is 28.5. The highest BCUT2D eigenvalue weighted by Gasteiger charge is 2.49. The zero-order valence-electron chi connectivity index (χ0n) is 16.9. The zero-order valence-corrected chi connectivity index (χ0v) is 20.9. The molecular formula is C15H39O4Si4. The van der Waals surface area contributed by atoms with Crippen molar-refractivity contribution in [2.75, 3.05) is 13.2 Å². The standard InChI is InChI=1S/C15H39O4Si4/c1-11-13-16-14-12-15-23(17-20(2,3)4,18-21(5,6)7)19-22(8,9)10/h1,11-15H2,2-10H3. The second-order valence-corrected chi connectivity index (χ2v) is 25.9. The molecule has 0 heterocycles. The van der Waals surface area contributed by atoms with Gasteiger partial charge in [-0.15, -0.1) is 0 Å². The minimum absolute atomic E-state index is 0.715. The van der Waals surface area contributed by atoms with Gasteiger partial charge in [-0.3, -0.25) is 0 Å². The molecule has 0 bridgehead atoms. The summed E-state index contributed by atoms with van der Waals surface area (Å²) in [6.07, 6.45) is 1.73. The van der Waals surface area contributed by atoms with Crippen LogP contribution in [0.4, 0.5) is 0 Å². The highest BCUT2D eigenvalue weighted by Crippen LogP contribution is 2.29. The van der Waals surface area contributed by atoms with Crippen LogP contribution in [0.2, 0.25) is 65.0 Å². The van der Waals surface area contributed by atoms with Gasteiger partial charge in [0.25, 0.3) is 0 Å². The van der Waals surface area contributed by atoms with Gasteiger partial charge in [0, 0.05) is 19.3 Å². The molecule has 23 heavy (non-hydrogen) atoms. The maximum absolute atomic E-state index is 6.62. The van der Waals surface area contributed by atoms with Gasteiger partial charge in [0.1, 0.15) is 0 Å². The molecule has 0 saturated carbocycles. The van der Waals surface area contributed by atoms with Crippen LogP contribution in [-0.2, 0) is 17.1 Å². The quantitative estimate of drug-likeness (QED) is 0.340. The molecule has 139 valence electrons. The number of rotatable bonds is 12. The van der Waals surface area contributed by atoms with Crippen molar-refractivity contribution in [3.8, 4) is 0 Å². The Bertz CT molecular complexity index is 291. The topological polar surface area (TPSA) is 36.9 Å². The first-order valence-electron chi connectivity index (χ1n) is 8.66. The van der Waals surface area contributed by atoms with Crippen LogP contribution in [0, 0.1) is 6.92 Å². The Morgan fingerprint density at radius 3 is 1.35 bits per heavy atom. The van der Waals surface area contributed by atoms with Crippen LogP contribution in [0.25, 0.3) is 0 Å². The Balaban J connectivity index is 5.21. The Labute approximate surface area is 149 Å². The van der Waals surface area contributed by atoms with Crippen molar-refractivity contribution >= 4 is 33.8 Å². The first-order chi connectivity index (χ1) is 10.2. The van der Waals surface area contributed by atoms with Crippen molar-refractivity contribution in [3.63, 3.8) is 0 Å². The number of hydrogen-bond acceptors (Lipinski definition) is 4. The molecular weight excluding hydrogens is 357 g/mol. The summed E-state index contributed by atoms with van der Waals surface area (Å²) in [5.74, 6) is 0. The molecule has 0 aromatic heterocycles. The van der Waals surface area contributed by atoms with Gasteiger partial charge in [0.15, 0.2) is 25.0 Å². The summed E-state index contributed by atoms with van der Waals surface area (Å²) in [7, 11) is -7.96. The predicted molar refractivity (Wildman–Crippen MR) is 109 cm³/mol. The molecule has 1 radical (unpaired) electrons. The summed E-state index contributed by atoms with van der Waals surface area (Å²) in [6.45, 7) is 25.2. The lowest BCUT2D eigenvalue weighted by Gasteiger charge is -2.42. The van der Waals surface area contributed by atoms with Crippen LogP contribution in [0.15, 0.2) is 0 Å². The average Bonchev–Trinajstić information content (AvgIpc) is 2.20. The second-order valence-electron chi connectivity index (χ2n) is 8.90. The summed E-state index contributed by atoms with van der Waals surface area (Å²) < 4.78 is 25.5. The van der Waals surface area contributed by atoms with Crippen molar-refractivity contribution in [3.05, 3.63) is 6.92 Å². The maximum Gasteiger partial charge on any atom is 0.469 e. The highest BCUT2D eigenvalue weighted by molar-refractivity contribution is 6.90. The molecule has 0 aromatic rings.